The number of benzene rings is 1. The molecule has 0 fully saturated rings. The van der Waals surface area contributed by atoms with E-state index in [1.165, 1.54) is 11.3 Å². The first-order valence-electron chi connectivity index (χ1n) is 7.19. The number of nitrogens with zero attached hydrogens (tertiary/aromatic N) is 1. The molecule has 0 bridgehead atoms. The Hall–Kier alpha value is -1.87. The molecule has 5 nitrogen and oxygen atoms in total. The van der Waals surface area contributed by atoms with Gasteiger partial charge in [-0.15, -0.1) is 11.3 Å². The van der Waals surface area contributed by atoms with Gasteiger partial charge in [-0.2, -0.15) is 0 Å². The average molecular weight is 455 g/mol. The molecule has 7 heteroatoms. The molecule has 0 saturated carbocycles. The highest BCUT2D eigenvalue weighted by Gasteiger charge is 2.25. The highest BCUT2D eigenvalue weighted by molar-refractivity contribution is 14.1. The molecule has 0 radical (unpaired) electrons. The number of aliphatic imine (C=N–C) groups is 1. The number of esters is 1. The number of thiophene rings is 1. The first kappa shape index (κ1) is 17.0. The minimum absolute atomic E-state index is 0.264. The third-order valence-corrected chi connectivity index (χ3v) is 4.86. The number of carbonyl (C=O) groups excluding carboxylic acids is 1. The molecule has 24 heavy (non-hydrogen) atoms. The van der Waals surface area contributed by atoms with Gasteiger partial charge in [0.1, 0.15) is 0 Å². The number of cyclic esters (lactones) is 1. The first-order chi connectivity index (χ1) is 11.6. The van der Waals surface area contributed by atoms with Crippen LogP contribution in [0.1, 0.15) is 17.4 Å². The van der Waals surface area contributed by atoms with Crippen molar-refractivity contribution in [3.05, 3.63) is 49.4 Å². The van der Waals surface area contributed by atoms with Crippen LogP contribution >= 0.6 is 33.9 Å². The normalized spacial score (nSPS) is 15.4. The second-order valence-corrected chi connectivity index (χ2v) is 6.89. The smallest absolute Gasteiger partial charge is 0.363 e. The summed E-state index contributed by atoms with van der Waals surface area (Å²) in [5.74, 6) is 1.19. The molecular weight excluding hydrogens is 441 g/mol. The molecule has 0 atom stereocenters. The second-order valence-electron chi connectivity index (χ2n) is 4.78. The van der Waals surface area contributed by atoms with E-state index < -0.39 is 5.97 Å². The summed E-state index contributed by atoms with van der Waals surface area (Å²) in [5.41, 5.74) is 1.06. The van der Waals surface area contributed by atoms with Crippen LogP contribution in [-0.4, -0.2) is 25.6 Å². The third-order valence-electron chi connectivity index (χ3n) is 3.20. The highest BCUT2D eigenvalue weighted by atomic mass is 127. The van der Waals surface area contributed by atoms with Crippen molar-refractivity contribution < 1.29 is 19.0 Å². The summed E-state index contributed by atoms with van der Waals surface area (Å²) in [6.45, 7) is 2.47. The van der Waals surface area contributed by atoms with E-state index in [9.17, 15) is 4.79 Å². The summed E-state index contributed by atoms with van der Waals surface area (Å²) in [6, 6.07) is 7.47. The minimum atomic E-state index is -0.457. The van der Waals surface area contributed by atoms with Gasteiger partial charge in [0.25, 0.3) is 0 Å². The fraction of sp³-hybridized carbons (Fsp3) is 0.176. The van der Waals surface area contributed by atoms with E-state index >= 15 is 0 Å². The topological polar surface area (TPSA) is 57.1 Å². The second kappa shape index (κ2) is 7.35. The number of halogens is 1. The lowest BCUT2D eigenvalue weighted by atomic mass is 10.1. The zero-order valence-corrected chi connectivity index (χ0v) is 16.0. The average Bonchev–Trinajstić information content (AvgIpc) is 3.20. The fourth-order valence-corrected chi connectivity index (χ4v) is 3.61. The number of ether oxygens (including phenoxy) is 3. The first-order valence-corrected chi connectivity index (χ1v) is 9.15. The van der Waals surface area contributed by atoms with Crippen LogP contribution in [0.15, 0.2) is 40.3 Å². The highest BCUT2D eigenvalue weighted by Crippen LogP contribution is 2.35. The molecule has 1 aromatic heterocycles. The van der Waals surface area contributed by atoms with Gasteiger partial charge in [-0.25, -0.2) is 9.79 Å². The van der Waals surface area contributed by atoms with Gasteiger partial charge in [-0.1, -0.05) is 6.07 Å². The van der Waals surface area contributed by atoms with Crippen LogP contribution in [-0.2, 0) is 9.53 Å². The Kier molecular flexibility index (Phi) is 5.20. The molecule has 0 amide bonds. The Bertz CT molecular complexity index is 827. The van der Waals surface area contributed by atoms with Crippen LogP contribution in [0, 0.1) is 3.57 Å². The fourth-order valence-electron chi connectivity index (χ4n) is 2.18. The molecular formula is C17H14INO4S. The number of rotatable bonds is 5. The Morgan fingerprint density at radius 3 is 2.92 bits per heavy atom. The molecule has 1 aromatic carbocycles. The molecule has 0 spiro atoms. The molecule has 2 aromatic rings. The molecule has 1 aliphatic rings. The lowest BCUT2D eigenvalue weighted by Crippen LogP contribution is -2.03. The van der Waals surface area contributed by atoms with Gasteiger partial charge in [-0.3, -0.25) is 0 Å². The predicted molar refractivity (Wildman–Crippen MR) is 102 cm³/mol. The zero-order valence-electron chi connectivity index (χ0n) is 13.0. The third kappa shape index (κ3) is 3.46. The maximum absolute atomic E-state index is 12.0. The molecule has 0 N–H and O–H groups in total. The monoisotopic (exact) mass is 455 g/mol. The van der Waals surface area contributed by atoms with Crippen LogP contribution < -0.4 is 9.47 Å². The predicted octanol–water partition coefficient (Wildman–Crippen LogP) is 4.10. The Labute approximate surface area is 157 Å². The van der Waals surface area contributed by atoms with Crippen molar-refractivity contribution in [2.24, 2.45) is 4.99 Å². The van der Waals surface area contributed by atoms with E-state index in [4.69, 9.17) is 14.2 Å². The van der Waals surface area contributed by atoms with Gasteiger partial charge in [0.15, 0.2) is 17.2 Å². The Morgan fingerprint density at radius 1 is 1.42 bits per heavy atom. The van der Waals surface area contributed by atoms with Crippen LogP contribution in [0.2, 0.25) is 0 Å². The standard InChI is InChI=1S/C17H14INO4S/c1-3-22-15-11(18)7-10(9-13(15)21-2)8-12-17(20)23-16(19-12)14-5-4-6-24-14/h4-9H,3H2,1-2H3/b12-8-. The van der Waals surface area contributed by atoms with Gasteiger partial charge in [-0.05, 0) is 64.7 Å². The van der Waals surface area contributed by atoms with Gasteiger partial charge in [0.2, 0.25) is 5.90 Å². The van der Waals surface area contributed by atoms with Crippen molar-refractivity contribution >= 4 is 51.9 Å². The maximum atomic E-state index is 12.0. The van der Waals surface area contributed by atoms with E-state index in [0.29, 0.717) is 24.0 Å². The molecule has 1 aliphatic heterocycles. The van der Waals surface area contributed by atoms with Crippen molar-refractivity contribution in [2.45, 2.75) is 6.92 Å². The van der Waals surface area contributed by atoms with Gasteiger partial charge in [0.05, 0.1) is 22.2 Å². The number of hydrogen-bond acceptors (Lipinski definition) is 6. The summed E-state index contributed by atoms with van der Waals surface area (Å²) in [6.07, 6.45) is 1.68. The summed E-state index contributed by atoms with van der Waals surface area (Å²) in [5, 5.41) is 1.91. The van der Waals surface area contributed by atoms with Crippen molar-refractivity contribution in [3.63, 3.8) is 0 Å². The summed E-state index contributed by atoms with van der Waals surface area (Å²) >= 11 is 3.65. The lowest BCUT2D eigenvalue weighted by molar-refractivity contribution is -0.129. The SMILES string of the molecule is CCOc1c(I)cc(/C=C2\N=C(c3cccs3)OC2=O)cc1OC. The van der Waals surface area contributed by atoms with Crippen molar-refractivity contribution in [2.75, 3.05) is 13.7 Å². The molecule has 0 unspecified atom stereocenters. The van der Waals surface area contributed by atoms with Crippen molar-refractivity contribution in [3.8, 4) is 11.5 Å². The number of carbonyl (C=O) groups is 1. The van der Waals surface area contributed by atoms with Crippen molar-refractivity contribution in [1.29, 1.82) is 0 Å². The Morgan fingerprint density at radius 2 is 2.25 bits per heavy atom. The molecule has 0 aliphatic carbocycles. The quantitative estimate of drug-likeness (QED) is 0.387. The number of hydrogen-bond donors (Lipinski definition) is 0. The lowest BCUT2D eigenvalue weighted by Gasteiger charge is -2.12. The largest absolute Gasteiger partial charge is 0.493 e. The van der Waals surface area contributed by atoms with E-state index in [1.54, 1.807) is 13.2 Å². The zero-order chi connectivity index (χ0) is 17.1. The molecule has 0 saturated heterocycles. The number of methoxy groups -OCH3 is 1. The van der Waals surface area contributed by atoms with E-state index in [2.05, 4.69) is 27.6 Å². The van der Waals surface area contributed by atoms with Crippen LogP contribution in [0.25, 0.3) is 6.08 Å². The Balaban J connectivity index is 1.96. The van der Waals surface area contributed by atoms with E-state index in [1.807, 2.05) is 36.6 Å². The molecule has 3 rings (SSSR count). The van der Waals surface area contributed by atoms with Crippen molar-refractivity contribution in [1.82, 2.24) is 0 Å². The van der Waals surface area contributed by atoms with Crippen LogP contribution in [0.5, 0.6) is 11.5 Å². The van der Waals surface area contributed by atoms with Crippen LogP contribution in [0.4, 0.5) is 0 Å². The van der Waals surface area contributed by atoms with Gasteiger partial charge in [0, 0.05) is 0 Å². The molecule has 124 valence electrons. The van der Waals surface area contributed by atoms with Gasteiger partial charge >= 0.3 is 5.97 Å². The molecule has 2 heterocycles. The summed E-state index contributed by atoms with van der Waals surface area (Å²) in [4.78, 5) is 17.2. The van der Waals surface area contributed by atoms with Crippen LogP contribution in [0.3, 0.4) is 0 Å². The summed E-state index contributed by atoms with van der Waals surface area (Å²) < 4.78 is 17.1. The maximum Gasteiger partial charge on any atom is 0.363 e. The summed E-state index contributed by atoms with van der Waals surface area (Å²) in [7, 11) is 1.59. The van der Waals surface area contributed by atoms with E-state index in [-0.39, 0.29) is 5.70 Å². The van der Waals surface area contributed by atoms with Gasteiger partial charge < -0.3 is 14.2 Å². The van der Waals surface area contributed by atoms with E-state index in [0.717, 1.165) is 14.0 Å². The minimum Gasteiger partial charge on any atom is -0.493 e.